The molecule has 3 rings (SSSR count). The molecule has 2 amide bonds. The number of carbonyl (C=O) groups is 2. The lowest BCUT2D eigenvalue weighted by Gasteiger charge is -2.27. The minimum absolute atomic E-state index is 0.190. The van der Waals surface area contributed by atoms with E-state index in [1.165, 1.54) is 17.0 Å². The van der Waals surface area contributed by atoms with Crippen molar-refractivity contribution < 1.29 is 18.4 Å². The summed E-state index contributed by atoms with van der Waals surface area (Å²) in [4.78, 5) is 27.8. The van der Waals surface area contributed by atoms with Crippen LogP contribution in [0, 0.1) is 11.6 Å². The lowest BCUT2D eigenvalue weighted by Crippen LogP contribution is -2.37. The van der Waals surface area contributed by atoms with E-state index in [4.69, 9.17) is 0 Å². The van der Waals surface area contributed by atoms with Crippen molar-refractivity contribution in [1.29, 1.82) is 0 Å². The molecule has 0 saturated heterocycles. The maximum atomic E-state index is 13.4. The number of likely N-dealkylation sites (N-methyl/N-ethyl adjacent to an activating group) is 1. The van der Waals surface area contributed by atoms with Crippen LogP contribution < -0.4 is 0 Å². The van der Waals surface area contributed by atoms with Gasteiger partial charge < -0.3 is 0 Å². The van der Waals surface area contributed by atoms with Gasteiger partial charge in [0.25, 0.3) is 11.8 Å². The number of carbonyl (C=O) groups excluding carboxylic acids is 2. The number of halogens is 2. The fraction of sp³-hybridized carbons (Fsp3) is 0.263. The van der Waals surface area contributed by atoms with Crippen LogP contribution in [-0.4, -0.2) is 41.8 Å². The molecule has 0 unspecified atom stereocenters. The zero-order valence-corrected chi connectivity index (χ0v) is 14.0. The third-order valence-corrected chi connectivity index (χ3v) is 4.64. The second-order valence-corrected chi connectivity index (χ2v) is 6.14. The van der Waals surface area contributed by atoms with Crippen LogP contribution in [0.1, 0.15) is 39.2 Å². The van der Waals surface area contributed by atoms with Crippen molar-refractivity contribution in [2.45, 2.75) is 13.0 Å². The third-order valence-electron chi connectivity index (χ3n) is 4.64. The molecule has 1 aliphatic rings. The zero-order valence-electron chi connectivity index (χ0n) is 14.0. The highest BCUT2D eigenvalue weighted by Gasteiger charge is 2.34. The number of fused-ring (bicyclic) bond motifs is 1. The molecule has 0 bridgehead atoms. The summed E-state index contributed by atoms with van der Waals surface area (Å²) in [7, 11) is 1.81. The maximum absolute atomic E-state index is 13.4. The van der Waals surface area contributed by atoms with E-state index in [1.807, 2.05) is 18.9 Å². The molecule has 130 valence electrons. The Labute approximate surface area is 144 Å². The summed E-state index contributed by atoms with van der Waals surface area (Å²) in [5.41, 5.74) is 1.47. The van der Waals surface area contributed by atoms with Crippen molar-refractivity contribution in [3.8, 4) is 0 Å². The van der Waals surface area contributed by atoms with E-state index in [2.05, 4.69) is 0 Å². The summed E-state index contributed by atoms with van der Waals surface area (Å²) in [6.45, 7) is 2.51. The van der Waals surface area contributed by atoms with E-state index >= 15 is 0 Å². The number of rotatable bonds is 5. The van der Waals surface area contributed by atoms with E-state index < -0.39 is 11.6 Å². The summed E-state index contributed by atoms with van der Waals surface area (Å²) in [6, 6.07) is 10.3. The summed E-state index contributed by atoms with van der Waals surface area (Å²) in [5, 5.41) is 0. The van der Waals surface area contributed by atoms with Gasteiger partial charge in [0.2, 0.25) is 0 Å². The van der Waals surface area contributed by atoms with Crippen LogP contribution in [0.25, 0.3) is 0 Å². The molecule has 4 nitrogen and oxygen atoms in total. The predicted molar refractivity (Wildman–Crippen MR) is 89.2 cm³/mol. The second-order valence-electron chi connectivity index (χ2n) is 6.14. The summed E-state index contributed by atoms with van der Waals surface area (Å²) in [5.74, 6) is -2.37. The van der Waals surface area contributed by atoms with Gasteiger partial charge in [-0.15, -0.1) is 0 Å². The van der Waals surface area contributed by atoms with Crippen molar-refractivity contribution in [2.75, 3.05) is 20.1 Å². The number of benzene rings is 2. The fourth-order valence-electron chi connectivity index (χ4n) is 2.92. The van der Waals surface area contributed by atoms with E-state index in [0.717, 1.165) is 6.07 Å². The first-order chi connectivity index (χ1) is 11.9. The first-order valence-electron chi connectivity index (χ1n) is 8.00. The monoisotopic (exact) mass is 344 g/mol. The Hall–Kier alpha value is -2.60. The summed E-state index contributed by atoms with van der Waals surface area (Å²) < 4.78 is 26.5. The second kappa shape index (κ2) is 6.72. The van der Waals surface area contributed by atoms with Crippen LogP contribution >= 0.6 is 0 Å². The molecule has 0 aliphatic carbocycles. The average molecular weight is 344 g/mol. The Morgan fingerprint density at radius 2 is 1.60 bits per heavy atom. The lowest BCUT2D eigenvalue weighted by molar-refractivity contribution is 0.0634. The van der Waals surface area contributed by atoms with Gasteiger partial charge in [0.15, 0.2) is 11.6 Å². The number of hydrogen-bond donors (Lipinski definition) is 0. The van der Waals surface area contributed by atoms with Gasteiger partial charge in [-0.05, 0) is 43.8 Å². The van der Waals surface area contributed by atoms with Crippen molar-refractivity contribution in [3.63, 3.8) is 0 Å². The van der Waals surface area contributed by atoms with Crippen molar-refractivity contribution in [3.05, 3.63) is 70.8 Å². The molecule has 0 fully saturated rings. The lowest BCUT2D eigenvalue weighted by atomic mass is 10.1. The minimum Gasteiger partial charge on any atom is -0.298 e. The number of amides is 2. The molecule has 0 saturated carbocycles. The van der Waals surface area contributed by atoms with Crippen molar-refractivity contribution >= 4 is 11.8 Å². The average Bonchev–Trinajstić information content (AvgIpc) is 2.86. The van der Waals surface area contributed by atoms with Crippen molar-refractivity contribution in [2.24, 2.45) is 0 Å². The summed E-state index contributed by atoms with van der Waals surface area (Å²) >= 11 is 0. The van der Waals surface area contributed by atoms with Gasteiger partial charge in [0.05, 0.1) is 11.1 Å². The quantitative estimate of drug-likeness (QED) is 0.782. The Bertz CT molecular complexity index is 803. The van der Waals surface area contributed by atoms with Crippen LogP contribution in [0.4, 0.5) is 8.78 Å². The zero-order chi connectivity index (χ0) is 18.1. The highest BCUT2D eigenvalue weighted by atomic mass is 19.2. The first-order valence-corrected chi connectivity index (χ1v) is 8.00. The van der Waals surface area contributed by atoms with Gasteiger partial charge >= 0.3 is 0 Å². The highest BCUT2D eigenvalue weighted by molar-refractivity contribution is 6.21. The van der Waals surface area contributed by atoms with Gasteiger partial charge in [-0.25, -0.2) is 8.78 Å². The van der Waals surface area contributed by atoms with E-state index in [0.29, 0.717) is 23.2 Å². The van der Waals surface area contributed by atoms with Crippen LogP contribution in [0.15, 0.2) is 42.5 Å². The molecule has 2 aromatic rings. The Kier molecular flexibility index (Phi) is 4.63. The molecule has 0 spiro atoms. The molecule has 1 heterocycles. The fourth-order valence-corrected chi connectivity index (χ4v) is 2.92. The molecule has 1 atom stereocenters. The van der Waals surface area contributed by atoms with Crippen molar-refractivity contribution in [1.82, 2.24) is 9.80 Å². The molecule has 25 heavy (non-hydrogen) atoms. The van der Waals surface area contributed by atoms with Crippen LogP contribution in [0.3, 0.4) is 0 Å². The van der Waals surface area contributed by atoms with Gasteiger partial charge in [-0.2, -0.15) is 0 Å². The van der Waals surface area contributed by atoms with Crippen LogP contribution in [-0.2, 0) is 0 Å². The van der Waals surface area contributed by atoms with Gasteiger partial charge in [-0.3, -0.25) is 19.4 Å². The SMILES string of the molecule is C[C@H](c1ccc(F)c(F)c1)N(C)CCN1C(=O)c2ccccc2C1=O. The van der Waals surface area contributed by atoms with E-state index in [9.17, 15) is 18.4 Å². The molecule has 2 aromatic carbocycles. The molecule has 0 N–H and O–H groups in total. The van der Waals surface area contributed by atoms with Gasteiger partial charge in [0.1, 0.15) is 0 Å². The number of hydrogen-bond acceptors (Lipinski definition) is 3. The van der Waals surface area contributed by atoms with E-state index in [-0.39, 0.29) is 24.4 Å². The smallest absolute Gasteiger partial charge is 0.261 e. The normalized spacial score (nSPS) is 15.0. The molecule has 1 aliphatic heterocycles. The number of imide groups is 1. The topological polar surface area (TPSA) is 40.6 Å². The standard InChI is InChI=1S/C19H18F2N2O2/c1-12(13-7-8-16(20)17(21)11-13)22(2)9-10-23-18(24)14-5-3-4-6-15(14)19(23)25/h3-8,11-12H,9-10H2,1-2H3/t12-/m1/s1. The Morgan fingerprint density at radius 3 is 2.16 bits per heavy atom. The highest BCUT2D eigenvalue weighted by Crippen LogP contribution is 2.24. The molecular weight excluding hydrogens is 326 g/mol. The molecule has 0 radical (unpaired) electrons. The largest absolute Gasteiger partial charge is 0.298 e. The van der Waals surface area contributed by atoms with Crippen LogP contribution in [0.5, 0.6) is 0 Å². The molecule has 0 aromatic heterocycles. The molecular formula is C19H18F2N2O2. The maximum Gasteiger partial charge on any atom is 0.261 e. The third kappa shape index (κ3) is 3.17. The molecule has 6 heteroatoms. The first kappa shape index (κ1) is 17.2. The van der Waals surface area contributed by atoms with Gasteiger partial charge in [0, 0.05) is 19.1 Å². The predicted octanol–water partition coefficient (Wildman–Crippen LogP) is 3.25. The Balaban J connectivity index is 1.66. The summed E-state index contributed by atoms with van der Waals surface area (Å²) in [6.07, 6.45) is 0. The van der Waals surface area contributed by atoms with E-state index in [1.54, 1.807) is 24.3 Å². The number of nitrogens with zero attached hydrogens (tertiary/aromatic N) is 2. The Morgan fingerprint density at radius 1 is 1.00 bits per heavy atom. The minimum atomic E-state index is -0.891. The van der Waals surface area contributed by atoms with Crippen LogP contribution in [0.2, 0.25) is 0 Å². The van der Waals surface area contributed by atoms with Gasteiger partial charge in [-0.1, -0.05) is 18.2 Å².